The third-order valence-corrected chi connectivity index (χ3v) is 7.10. The minimum absolute atomic E-state index is 0.0153. The zero-order chi connectivity index (χ0) is 22.8. The van der Waals surface area contributed by atoms with E-state index in [0.29, 0.717) is 6.42 Å². The number of morpholine rings is 1. The van der Waals surface area contributed by atoms with Gasteiger partial charge in [-0.2, -0.15) is 0 Å². The number of rotatable bonds is 6. The number of carbonyl (C=O) groups excluding carboxylic acids is 1. The van der Waals surface area contributed by atoms with Crippen LogP contribution in [0.15, 0.2) is 29.6 Å². The Balaban J connectivity index is 1.32. The van der Waals surface area contributed by atoms with Gasteiger partial charge in [0.05, 0.1) is 25.3 Å². The van der Waals surface area contributed by atoms with Gasteiger partial charge in [0.2, 0.25) is 5.91 Å². The smallest absolute Gasteiger partial charge is 0.226 e. The number of piperidine rings is 1. The molecular formula is C25H36N4O2S. The number of hydrogen-bond acceptors (Lipinski definition) is 6. The lowest BCUT2D eigenvalue weighted by molar-refractivity contribution is -0.121. The van der Waals surface area contributed by atoms with Crippen LogP contribution in [0.3, 0.4) is 0 Å². The summed E-state index contributed by atoms with van der Waals surface area (Å²) in [6, 6.07) is 8.82. The van der Waals surface area contributed by atoms with Crippen LogP contribution in [0.25, 0.3) is 10.6 Å². The lowest BCUT2D eigenvalue weighted by Gasteiger charge is -2.46. The van der Waals surface area contributed by atoms with Crippen LogP contribution in [0, 0.1) is 0 Å². The normalized spacial score (nSPS) is 21.4. The number of thiazole rings is 1. The van der Waals surface area contributed by atoms with E-state index in [-0.39, 0.29) is 23.0 Å². The van der Waals surface area contributed by atoms with E-state index < -0.39 is 0 Å². The van der Waals surface area contributed by atoms with E-state index in [2.05, 4.69) is 67.5 Å². The molecule has 0 unspecified atom stereocenters. The van der Waals surface area contributed by atoms with E-state index in [9.17, 15) is 4.79 Å². The monoisotopic (exact) mass is 456 g/mol. The first kappa shape index (κ1) is 23.4. The van der Waals surface area contributed by atoms with Crippen LogP contribution in [0.4, 0.5) is 0 Å². The molecule has 4 rings (SSSR count). The SMILES string of the molecule is CC1(C)CC(NC(=O)Cc2csc(-c3ccc(CN4CCOCC4)cc3)n2)CC(C)(C)N1. The third kappa shape index (κ3) is 6.38. The molecule has 0 spiro atoms. The highest BCUT2D eigenvalue weighted by atomic mass is 32.1. The molecule has 0 radical (unpaired) electrons. The van der Waals surface area contributed by atoms with Gasteiger partial charge in [-0.15, -0.1) is 11.3 Å². The van der Waals surface area contributed by atoms with Gasteiger partial charge in [0, 0.05) is 47.7 Å². The Hall–Kier alpha value is -1.80. The summed E-state index contributed by atoms with van der Waals surface area (Å²) in [4.78, 5) is 19.9. The van der Waals surface area contributed by atoms with Crippen molar-refractivity contribution in [2.75, 3.05) is 26.3 Å². The van der Waals surface area contributed by atoms with Crippen LogP contribution < -0.4 is 10.6 Å². The van der Waals surface area contributed by atoms with Crippen LogP contribution in [-0.4, -0.2) is 59.2 Å². The summed E-state index contributed by atoms with van der Waals surface area (Å²) in [5.41, 5.74) is 3.28. The number of aromatic nitrogens is 1. The number of carbonyl (C=O) groups is 1. The van der Waals surface area contributed by atoms with Crippen molar-refractivity contribution in [2.45, 2.75) is 70.6 Å². The summed E-state index contributed by atoms with van der Waals surface area (Å²) in [5, 5.41) is 9.88. The van der Waals surface area contributed by atoms with Crippen molar-refractivity contribution >= 4 is 17.2 Å². The van der Waals surface area contributed by atoms with E-state index in [1.807, 2.05) is 5.38 Å². The fourth-order valence-corrected chi connectivity index (χ4v) is 5.98. The number of ether oxygens (including phenoxy) is 1. The summed E-state index contributed by atoms with van der Waals surface area (Å²) in [5.74, 6) is 0.0567. The Labute approximate surface area is 195 Å². The number of hydrogen-bond donors (Lipinski definition) is 2. The fourth-order valence-electron chi connectivity index (χ4n) is 5.16. The van der Waals surface area contributed by atoms with Crippen LogP contribution >= 0.6 is 11.3 Å². The zero-order valence-corrected chi connectivity index (χ0v) is 20.6. The first-order valence-electron chi connectivity index (χ1n) is 11.6. The van der Waals surface area contributed by atoms with Crippen LogP contribution in [0.2, 0.25) is 0 Å². The van der Waals surface area contributed by atoms with E-state index in [1.165, 1.54) is 5.56 Å². The van der Waals surface area contributed by atoms with Gasteiger partial charge in [0.15, 0.2) is 0 Å². The molecular weight excluding hydrogens is 420 g/mol. The molecule has 2 aliphatic heterocycles. The Morgan fingerprint density at radius 1 is 1.16 bits per heavy atom. The summed E-state index contributed by atoms with van der Waals surface area (Å²) in [7, 11) is 0. The predicted octanol–water partition coefficient (Wildman–Crippen LogP) is 3.61. The highest BCUT2D eigenvalue weighted by Crippen LogP contribution is 2.29. The second kappa shape index (κ2) is 9.59. The van der Waals surface area contributed by atoms with E-state index in [0.717, 1.165) is 62.0 Å². The summed E-state index contributed by atoms with van der Waals surface area (Å²) < 4.78 is 5.42. The molecule has 2 fully saturated rings. The van der Waals surface area contributed by atoms with Crippen molar-refractivity contribution < 1.29 is 9.53 Å². The predicted molar refractivity (Wildman–Crippen MR) is 130 cm³/mol. The molecule has 0 bridgehead atoms. The molecule has 1 aromatic carbocycles. The molecule has 0 atom stereocenters. The summed E-state index contributed by atoms with van der Waals surface area (Å²) in [6.07, 6.45) is 2.19. The average Bonchev–Trinajstić information content (AvgIpc) is 3.15. The van der Waals surface area contributed by atoms with Gasteiger partial charge in [-0.3, -0.25) is 9.69 Å². The van der Waals surface area contributed by atoms with Crippen molar-refractivity contribution in [3.63, 3.8) is 0 Å². The Bertz CT molecular complexity index is 900. The Morgan fingerprint density at radius 2 is 1.81 bits per heavy atom. The van der Waals surface area contributed by atoms with Gasteiger partial charge in [-0.25, -0.2) is 4.98 Å². The van der Waals surface area contributed by atoms with Crippen molar-refractivity contribution in [3.05, 3.63) is 40.9 Å². The molecule has 6 nitrogen and oxygen atoms in total. The average molecular weight is 457 g/mol. The molecule has 3 heterocycles. The first-order chi connectivity index (χ1) is 15.2. The van der Waals surface area contributed by atoms with Gasteiger partial charge in [-0.1, -0.05) is 24.3 Å². The van der Waals surface area contributed by atoms with E-state index >= 15 is 0 Å². The lowest BCUT2D eigenvalue weighted by Crippen LogP contribution is -2.62. The highest BCUT2D eigenvalue weighted by molar-refractivity contribution is 7.13. The third-order valence-electron chi connectivity index (χ3n) is 6.16. The molecule has 2 saturated heterocycles. The van der Waals surface area contributed by atoms with Crippen LogP contribution in [0.5, 0.6) is 0 Å². The van der Waals surface area contributed by atoms with E-state index in [1.54, 1.807) is 11.3 Å². The first-order valence-corrected chi connectivity index (χ1v) is 12.5. The van der Waals surface area contributed by atoms with Crippen molar-refractivity contribution in [3.8, 4) is 10.6 Å². The molecule has 0 saturated carbocycles. The van der Waals surface area contributed by atoms with Gasteiger partial charge in [-0.05, 0) is 46.1 Å². The summed E-state index contributed by atoms with van der Waals surface area (Å²) in [6.45, 7) is 13.4. The summed E-state index contributed by atoms with van der Waals surface area (Å²) >= 11 is 1.60. The molecule has 2 N–H and O–H groups in total. The van der Waals surface area contributed by atoms with Gasteiger partial charge < -0.3 is 15.4 Å². The quantitative estimate of drug-likeness (QED) is 0.695. The molecule has 174 valence electrons. The topological polar surface area (TPSA) is 66.5 Å². The van der Waals surface area contributed by atoms with Crippen LogP contribution in [-0.2, 0) is 22.5 Å². The molecule has 2 aromatic rings. The van der Waals surface area contributed by atoms with Gasteiger partial charge in [0.1, 0.15) is 5.01 Å². The maximum atomic E-state index is 12.7. The van der Waals surface area contributed by atoms with Crippen molar-refractivity contribution in [1.82, 2.24) is 20.5 Å². The largest absolute Gasteiger partial charge is 0.379 e. The van der Waals surface area contributed by atoms with E-state index in [4.69, 9.17) is 9.72 Å². The standard InChI is InChI=1S/C25H36N4O2S/c1-24(2)14-21(15-25(3,4)28-24)26-22(30)13-20-17-32-23(27-20)19-7-5-18(6-8-19)16-29-9-11-31-12-10-29/h5-8,17,21,28H,9-16H2,1-4H3,(H,26,30). The lowest BCUT2D eigenvalue weighted by atomic mass is 9.79. The molecule has 1 aromatic heterocycles. The number of nitrogens with one attached hydrogen (secondary N) is 2. The number of benzene rings is 1. The number of amides is 1. The second-order valence-corrected chi connectivity index (χ2v) is 11.3. The minimum atomic E-state index is 0.0153. The van der Waals surface area contributed by atoms with Gasteiger partial charge in [0.25, 0.3) is 0 Å². The molecule has 0 aliphatic carbocycles. The Kier molecular flexibility index (Phi) is 7.00. The molecule has 32 heavy (non-hydrogen) atoms. The molecule has 7 heteroatoms. The second-order valence-electron chi connectivity index (χ2n) is 10.5. The minimum Gasteiger partial charge on any atom is -0.379 e. The highest BCUT2D eigenvalue weighted by Gasteiger charge is 2.38. The molecule has 1 amide bonds. The van der Waals surface area contributed by atoms with Crippen molar-refractivity contribution in [2.24, 2.45) is 0 Å². The molecule has 2 aliphatic rings. The zero-order valence-electron chi connectivity index (χ0n) is 19.7. The maximum Gasteiger partial charge on any atom is 0.226 e. The Morgan fingerprint density at radius 3 is 2.47 bits per heavy atom. The maximum absolute atomic E-state index is 12.7. The number of nitrogens with zero attached hydrogens (tertiary/aromatic N) is 2. The fraction of sp³-hybridized carbons (Fsp3) is 0.600. The van der Waals surface area contributed by atoms with Crippen LogP contribution in [0.1, 0.15) is 51.8 Å². The van der Waals surface area contributed by atoms with Crippen molar-refractivity contribution in [1.29, 1.82) is 0 Å². The van der Waals surface area contributed by atoms with Gasteiger partial charge >= 0.3 is 0 Å².